The van der Waals surface area contributed by atoms with E-state index in [2.05, 4.69) is 5.32 Å². The van der Waals surface area contributed by atoms with E-state index in [0.717, 1.165) is 13.0 Å². The van der Waals surface area contributed by atoms with E-state index in [1.165, 1.54) is 12.1 Å². The van der Waals surface area contributed by atoms with Gasteiger partial charge in [0.05, 0.1) is 18.1 Å². The van der Waals surface area contributed by atoms with E-state index in [1.54, 1.807) is 17.9 Å². The number of ether oxygens (including phenoxy) is 1. The number of likely N-dealkylation sites (N-methyl/N-ethyl adjacent to an activating group) is 1. The quantitative estimate of drug-likeness (QED) is 0.566. The molecule has 148 valence electrons. The molecule has 1 fully saturated rings. The average molecular weight is 378 g/mol. The van der Waals surface area contributed by atoms with Gasteiger partial charge in [0.25, 0.3) is 5.91 Å². The summed E-state index contributed by atoms with van der Waals surface area (Å²) < 4.78 is 5.26. The minimum atomic E-state index is -0.543. The molecule has 0 unspecified atom stereocenters. The summed E-state index contributed by atoms with van der Waals surface area (Å²) in [6.07, 6.45) is 0.740. The monoisotopic (exact) mass is 378 g/mol. The first-order valence-electron chi connectivity index (χ1n) is 9.15. The molecule has 9 nitrogen and oxygen atoms in total. The molecule has 0 aliphatic carbocycles. The lowest BCUT2D eigenvalue weighted by molar-refractivity contribution is -0.385. The van der Waals surface area contributed by atoms with E-state index in [-0.39, 0.29) is 28.8 Å². The van der Waals surface area contributed by atoms with Crippen molar-refractivity contribution in [3.05, 3.63) is 33.9 Å². The highest BCUT2D eigenvalue weighted by Crippen LogP contribution is 2.28. The van der Waals surface area contributed by atoms with Crippen LogP contribution < -0.4 is 10.1 Å². The van der Waals surface area contributed by atoms with Crippen molar-refractivity contribution in [2.75, 3.05) is 45.9 Å². The van der Waals surface area contributed by atoms with Crippen molar-refractivity contribution in [1.29, 1.82) is 0 Å². The van der Waals surface area contributed by atoms with Gasteiger partial charge in [-0.3, -0.25) is 24.6 Å². The number of amides is 2. The van der Waals surface area contributed by atoms with Gasteiger partial charge in [-0.2, -0.15) is 0 Å². The van der Waals surface area contributed by atoms with Crippen molar-refractivity contribution >= 4 is 17.5 Å². The fourth-order valence-corrected chi connectivity index (χ4v) is 3.04. The Bertz CT molecular complexity index is 694. The fraction of sp³-hybridized carbons (Fsp3) is 0.556. The molecule has 1 saturated heterocycles. The van der Waals surface area contributed by atoms with Gasteiger partial charge in [0.15, 0.2) is 5.75 Å². The van der Waals surface area contributed by atoms with Crippen LogP contribution in [0.4, 0.5) is 5.69 Å². The highest BCUT2D eigenvalue weighted by Gasteiger charge is 2.24. The predicted octanol–water partition coefficient (Wildman–Crippen LogP) is 1.28. The van der Waals surface area contributed by atoms with Gasteiger partial charge < -0.3 is 15.0 Å². The zero-order valence-corrected chi connectivity index (χ0v) is 15.8. The Morgan fingerprint density at radius 3 is 2.67 bits per heavy atom. The summed E-state index contributed by atoms with van der Waals surface area (Å²) in [5.41, 5.74) is 0.0534. The van der Waals surface area contributed by atoms with Crippen molar-refractivity contribution in [2.45, 2.75) is 20.3 Å². The van der Waals surface area contributed by atoms with Gasteiger partial charge in [-0.25, -0.2) is 0 Å². The number of hydrogen-bond acceptors (Lipinski definition) is 6. The molecule has 1 aliphatic heterocycles. The predicted molar refractivity (Wildman–Crippen MR) is 99.9 cm³/mol. The lowest BCUT2D eigenvalue weighted by Crippen LogP contribution is -2.40. The van der Waals surface area contributed by atoms with Gasteiger partial charge in [-0.15, -0.1) is 0 Å². The summed E-state index contributed by atoms with van der Waals surface area (Å²) in [5.74, 6) is -0.122. The first-order valence-corrected chi connectivity index (χ1v) is 9.15. The summed E-state index contributed by atoms with van der Waals surface area (Å²) in [4.78, 5) is 38.9. The van der Waals surface area contributed by atoms with E-state index >= 15 is 0 Å². The number of carbonyl (C=O) groups excluding carboxylic acids is 2. The van der Waals surface area contributed by atoms with Crippen LogP contribution in [0.25, 0.3) is 0 Å². The van der Waals surface area contributed by atoms with Gasteiger partial charge >= 0.3 is 5.69 Å². The molecule has 0 spiro atoms. The Hall–Kier alpha value is -2.68. The minimum absolute atomic E-state index is 0.0283. The molecule has 2 rings (SSSR count). The van der Waals surface area contributed by atoms with Crippen LogP contribution in [-0.4, -0.2) is 72.4 Å². The van der Waals surface area contributed by atoms with Crippen molar-refractivity contribution in [1.82, 2.24) is 15.1 Å². The molecule has 0 saturated carbocycles. The van der Waals surface area contributed by atoms with Crippen LogP contribution >= 0.6 is 0 Å². The third-order valence-electron chi connectivity index (χ3n) is 4.32. The Labute approximate surface area is 158 Å². The number of carbonyl (C=O) groups is 2. The fourth-order valence-electron chi connectivity index (χ4n) is 3.04. The van der Waals surface area contributed by atoms with Crippen molar-refractivity contribution < 1.29 is 19.2 Å². The molecule has 9 heteroatoms. The summed E-state index contributed by atoms with van der Waals surface area (Å²) in [5, 5.41) is 14.0. The molecule has 27 heavy (non-hydrogen) atoms. The van der Waals surface area contributed by atoms with Crippen LogP contribution in [0.15, 0.2) is 18.2 Å². The number of nitrogens with one attached hydrogen (secondary N) is 1. The molecule has 1 aliphatic rings. The standard InChI is InChI=1S/C18H26N4O5/c1-3-19-17(23)13-20-8-5-9-21(11-10-20)18(24)14-6-7-16(27-4-2)15(12-14)22(25)26/h6-7,12H,3-5,8-11,13H2,1-2H3,(H,19,23). The smallest absolute Gasteiger partial charge is 0.311 e. The zero-order valence-electron chi connectivity index (χ0n) is 15.8. The number of nitrogens with zero attached hydrogens (tertiary/aromatic N) is 3. The van der Waals surface area contributed by atoms with Gasteiger partial charge in [0.1, 0.15) is 0 Å². The normalized spacial score (nSPS) is 15.1. The maximum Gasteiger partial charge on any atom is 0.311 e. The van der Waals surface area contributed by atoms with Crippen molar-refractivity contribution in [3.63, 3.8) is 0 Å². The second kappa shape index (κ2) is 9.86. The first kappa shape index (κ1) is 20.6. The Balaban J connectivity index is 2.06. The van der Waals surface area contributed by atoms with Crippen LogP contribution in [0.1, 0.15) is 30.6 Å². The number of rotatable bonds is 7. The highest BCUT2D eigenvalue weighted by molar-refractivity contribution is 5.95. The number of hydrogen-bond donors (Lipinski definition) is 1. The third-order valence-corrected chi connectivity index (χ3v) is 4.32. The summed E-state index contributed by atoms with van der Waals surface area (Å²) in [6.45, 7) is 7.15. The molecule has 1 aromatic carbocycles. The lowest BCUT2D eigenvalue weighted by atomic mass is 10.1. The Morgan fingerprint density at radius 1 is 1.22 bits per heavy atom. The molecule has 1 aromatic rings. The number of nitro benzene ring substituents is 1. The third kappa shape index (κ3) is 5.65. The summed E-state index contributed by atoms with van der Waals surface area (Å²) in [6, 6.07) is 4.29. The maximum atomic E-state index is 12.8. The first-order chi connectivity index (χ1) is 13.0. The molecule has 0 bridgehead atoms. The molecule has 0 radical (unpaired) electrons. The van der Waals surface area contributed by atoms with Crippen molar-refractivity contribution in [3.8, 4) is 5.75 Å². The second-order valence-corrected chi connectivity index (χ2v) is 6.25. The van der Waals surface area contributed by atoms with Crippen LogP contribution in [-0.2, 0) is 4.79 Å². The number of benzene rings is 1. The molecule has 1 N–H and O–H groups in total. The van der Waals surface area contributed by atoms with Crippen LogP contribution in [0, 0.1) is 10.1 Å². The molecule has 2 amide bonds. The van der Waals surface area contributed by atoms with Gasteiger partial charge in [-0.05, 0) is 32.4 Å². The number of nitro groups is 1. The second-order valence-electron chi connectivity index (χ2n) is 6.25. The maximum absolute atomic E-state index is 12.8. The Morgan fingerprint density at radius 2 is 2.00 bits per heavy atom. The molecule has 1 heterocycles. The minimum Gasteiger partial charge on any atom is -0.487 e. The molecule has 0 atom stereocenters. The van der Waals surface area contributed by atoms with Crippen molar-refractivity contribution in [2.24, 2.45) is 0 Å². The van der Waals surface area contributed by atoms with E-state index in [1.807, 2.05) is 11.8 Å². The Kier molecular flexibility index (Phi) is 7.54. The molecular formula is C18H26N4O5. The van der Waals surface area contributed by atoms with Crippen LogP contribution in [0.2, 0.25) is 0 Å². The van der Waals surface area contributed by atoms with E-state index < -0.39 is 4.92 Å². The van der Waals surface area contributed by atoms with Crippen LogP contribution in [0.3, 0.4) is 0 Å². The van der Waals surface area contributed by atoms with Gasteiger partial charge in [0.2, 0.25) is 5.91 Å². The van der Waals surface area contributed by atoms with Gasteiger partial charge in [0, 0.05) is 44.4 Å². The lowest BCUT2D eigenvalue weighted by Gasteiger charge is -2.22. The van der Waals surface area contributed by atoms with E-state index in [4.69, 9.17) is 4.74 Å². The van der Waals surface area contributed by atoms with Crippen LogP contribution in [0.5, 0.6) is 5.75 Å². The molecular weight excluding hydrogens is 352 g/mol. The largest absolute Gasteiger partial charge is 0.487 e. The van der Waals surface area contributed by atoms with E-state index in [0.29, 0.717) is 39.3 Å². The topological polar surface area (TPSA) is 105 Å². The average Bonchev–Trinajstić information content (AvgIpc) is 2.87. The molecule has 0 aromatic heterocycles. The zero-order chi connectivity index (χ0) is 19.8. The summed E-state index contributed by atoms with van der Waals surface area (Å²) in [7, 11) is 0. The summed E-state index contributed by atoms with van der Waals surface area (Å²) >= 11 is 0. The van der Waals surface area contributed by atoms with E-state index in [9.17, 15) is 19.7 Å². The van der Waals surface area contributed by atoms with Gasteiger partial charge in [-0.1, -0.05) is 0 Å². The highest BCUT2D eigenvalue weighted by atomic mass is 16.6. The SMILES string of the molecule is CCNC(=O)CN1CCCN(C(=O)c2ccc(OCC)c([N+](=O)[O-])c2)CC1.